The number of pyridine rings is 1. The quantitative estimate of drug-likeness (QED) is 0.304. The number of carboxylic acid groups (broad SMARTS) is 1. The molecule has 1 aliphatic rings. The van der Waals surface area contributed by atoms with E-state index in [1.165, 1.54) is 0 Å². The van der Waals surface area contributed by atoms with E-state index in [1.54, 1.807) is 42.6 Å². The lowest BCUT2D eigenvalue weighted by Crippen LogP contribution is -2.30. The Morgan fingerprint density at radius 3 is 2.32 bits per heavy atom. The maximum absolute atomic E-state index is 11.6. The predicted octanol–water partition coefficient (Wildman–Crippen LogP) is 4.12. The number of thiocarbonyl (C=S) groups is 1. The molecule has 0 aliphatic carbocycles. The minimum Gasteiger partial charge on any atom is -0.478 e. The molecule has 11 heteroatoms. The maximum Gasteiger partial charge on any atom is 0.335 e. The smallest absolute Gasteiger partial charge is 0.335 e. The van der Waals surface area contributed by atoms with Crippen LogP contribution in [0.5, 0.6) is 0 Å². The molecule has 5 rings (SSSR count). The van der Waals surface area contributed by atoms with Crippen LogP contribution in [-0.4, -0.2) is 40.4 Å². The van der Waals surface area contributed by atoms with Gasteiger partial charge in [-0.1, -0.05) is 6.07 Å². The first-order chi connectivity index (χ1) is 17.7. The third kappa shape index (κ3) is 5.04. The van der Waals surface area contributed by atoms with Crippen LogP contribution in [-0.2, 0) is 10.0 Å². The second-order valence-corrected chi connectivity index (χ2v) is 10.7. The molecule has 3 N–H and O–H groups in total. The zero-order chi connectivity index (χ0) is 26.2. The Balaban J connectivity index is 1.59. The molecule has 2 aromatic carbocycles. The molecule has 3 heterocycles. The molecule has 4 aromatic rings. The van der Waals surface area contributed by atoms with Crippen molar-refractivity contribution >= 4 is 44.7 Å². The lowest BCUT2D eigenvalue weighted by molar-refractivity contribution is 0.0697. The zero-order valence-corrected chi connectivity index (χ0v) is 21.3. The number of hydrogen-bond acceptors (Lipinski definition) is 5. The van der Waals surface area contributed by atoms with E-state index in [2.05, 4.69) is 15.0 Å². The van der Waals surface area contributed by atoms with E-state index < -0.39 is 16.0 Å². The van der Waals surface area contributed by atoms with Gasteiger partial charge in [0.25, 0.3) is 0 Å². The van der Waals surface area contributed by atoms with Gasteiger partial charge in [-0.25, -0.2) is 13.2 Å². The number of nitrogens with one attached hydrogen (secondary N) is 2. The first kappa shape index (κ1) is 24.5. The summed E-state index contributed by atoms with van der Waals surface area (Å²) >= 11 is 5.78. The van der Waals surface area contributed by atoms with Gasteiger partial charge in [-0.05, 0) is 85.0 Å². The first-order valence-electron chi connectivity index (χ1n) is 11.3. The fourth-order valence-electron chi connectivity index (χ4n) is 4.47. The molecule has 37 heavy (non-hydrogen) atoms. The molecule has 0 spiro atoms. The van der Waals surface area contributed by atoms with Gasteiger partial charge in [-0.3, -0.25) is 9.71 Å². The van der Waals surface area contributed by atoms with Crippen LogP contribution in [0.3, 0.4) is 0 Å². The molecule has 2 atom stereocenters. The summed E-state index contributed by atoms with van der Waals surface area (Å²) in [5, 5.41) is 13.2. The molecular weight excluding hydrogens is 510 g/mol. The molecule has 0 amide bonds. The van der Waals surface area contributed by atoms with E-state index >= 15 is 0 Å². The van der Waals surface area contributed by atoms with Gasteiger partial charge in [-0.15, -0.1) is 0 Å². The second kappa shape index (κ2) is 9.68. The summed E-state index contributed by atoms with van der Waals surface area (Å²) in [4.78, 5) is 17.9. The number of carbonyl (C=O) groups is 1. The Labute approximate surface area is 219 Å². The molecule has 1 aliphatic heterocycles. The van der Waals surface area contributed by atoms with E-state index in [4.69, 9.17) is 12.2 Å². The number of aromatic nitrogens is 2. The van der Waals surface area contributed by atoms with Gasteiger partial charge >= 0.3 is 5.97 Å². The van der Waals surface area contributed by atoms with Crippen molar-refractivity contribution in [3.8, 4) is 5.69 Å². The Morgan fingerprint density at radius 2 is 1.70 bits per heavy atom. The summed E-state index contributed by atoms with van der Waals surface area (Å²) in [7, 11) is -3.41. The highest BCUT2D eigenvalue weighted by molar-refractivity contribution is 7.92. The second-order valence-electron chi connectivity index (χ2n) is 8.57. The lowest BCUT2D eigenvalue weighted by atomic mass is 10.0. The minimum atomic E-state index is -3.41. The Morgan fingerprint density at radius 1 is 1.00 bits per heavy atom. The van der Waals surface area contributed by atoms with Crippen LogP contribution in [0, 0.1) is 0 Å². The lowest BCUT2D eigenvalue weighted by Gasteiger charge is -2.29. The largest absolute Gasteiger partial charge is 0.478 e. The van der Waals surface area contributed by atoms with Gasteiger partial charge in [0.05, 0.1) is 23.6 Å². The number of sulfonamides is 1. The van der Waals surface area contributed by atoms with Gasteiger partial charge in [0.1, 0.15) is 6.04 Å². The number of anilines is 2. The van der Waals surface area contributed by atoms with Crippen LogP contribution in [0.25, 0.3) is 5.69 Å². The third-order valence-electron chi connectivity index (χ3n) is 6.02. The zero-order valence-electron chi connectivity index (χ0n) is 19.6. The molecule has 9 nitrogen and oxygen atoms in total. The van der Waals surface area contributed by atoms with Crippen LogP contribution in [0.2, 0.25) is 0 Å². The molecule has 0 radical (unpaired) electrons. The van der Waals surface area contributed by atoms with E-state index in [1.807, 2.05) is 58.1 Å². The average Bonchev–Trinajstić information content (AvgIpc) is 3.48. The fraction of sp³-hybridized carbons (Fsp3) is 0.115. The Kier molecular flexibility index (Phi) is 6.40. The summed E-state index contributed by atoms with van der Waals surface area (Å²) in [6.45, 7) is 0. The SMILES string of the molecule is CS(=O)(=O)Nc1ccc(N2C(=S)NC(c3ccccn3)C2c2cccn2-c2ccc(C(=O)O)cc2)cc1. The monoisotopic (exact) mass is 533 g/mol. The Bertz CT molecular complexity index is 1550. The first-order valence-corrected chi connectivity index (χ1v) is 13.6. The van der Waals surface area contributed by atoms with Gasteiger partial charge in [0.2, 0.25) is 10.0 Å². The van der Waals surface area contributed by atoms with Crippen LogP contribution >= 0.6 is 12.2 Å². The normalized spacial score (nSPS) is 17.4. The van der Waals surface area contributed by atoms with E-state index in [0.29, 0.717) is 10.8 Å². The number of carboxylic acids is 1. The number of hydrogen-bond donors (Lipinski definition) is 3. The molecule has 1 fully saturated rings. The van der Waals surface area contributed by atoms with Crippen molar-refractivity contribution in [3.63, 3.8) is 0 Å². The van der Waals surface area contributed by atoms with Crippen molar-refractivity contribution in [2.75, 3.05) is 15.9 Å². The van der Waals surface area contributed by atoms with E-state index in [-0.39, 0.29) is 17.6 Å². The van der Waals surface area contributed by atoms with Gasteiger partial charge in [0, 0.05) is 35.1 Å². The van der Waals surface area contributed by atoms with E-state index in [9.17, 15) is 18.3 Å². The Hall–Kier alpha value is -4.22. The van der Waals surface area contributed by atoms with Crippen molar-refractivity contribution in [1.82, 2.24) is 14.9 Å². The van der Waals surface area contributed by atoms with E-state index in [0.717, 1.165) is 29.0 Å². The summed E-state index contributed by atoms with van der Waals surface area (Å²) < 4.78 is 27.7. The summed E-state index contributed by atoms with van der Waals surface area (Å²) in [5.41, 5.74) is 3.94. The number of aromatic carboxylic acids is 1. The minimum absolute atomic E-state index is 0.206. The van der Waals surface area contributed by atoms with Crippen molar-refractivity contribution in [1.29, 1.82) is 0 Å². The predicted molar refractivity (Wildman–Crippen MR) is 146 cm³/mol. The summed E-state index contributed by atoms with van der Waals surface area (Å²) in [6, 6.07) is 22.7. The van der Waals surface area contributed by atoms with Gasteiger partial charge in [0.15, 0.2) is 5.11 Å². The molecule has 2 unspecified atom stereocenters. The maximum atomic E-state index is 11.6. The van der Waals surface area contributed by atoms with Gasteiger partial charge in [-0.2, -0.15) is 0 Å². The van der Waals surface area contributed by atoms with Crippen molar-refractivity contribution in [3.05, 3.63) is 108 Å². The number of rotatable bonds is 7. The number of benzene rings is 2. The molecule has 188 valence electrons. The summed E-state index contributed by atoms with van der Waals surface area (Å²) in [6.07, 6.45) is 4.75. The average molecular weight is 534 g/mol. The van der Waals surface area contributed by atoms with Crippen molar-refractivity contribution in [2.45, 2.75) is 12.1 Å². The van der Waals surface area contributed by atoms with Crippen LogP contribution in [0.4, 0.5) is 11.4 Å². The summed E-state index contributed by atoms with van der Waals surface area (Å²) in [5.74, 6) is -0.986. The fourth-order valence-corrected chi connectivity index (χ4v) is 5.38. The van der Waals surface area contributed by atoms with Crippen LogP contribution in [0.1, 0.15) is 33.8 Å². The van der Waals surface area contributed by atoms with Crippen molar-refractivity contribution in [2.24, 2.45) is 0 Å². The highest BCUT2D eigenvalue weighted by Crippen LogP contribution is 2.42. The van der Waals surface area contributed by atoms with Crippen LogP contribution < -0.4 is 14.9 Å². The number of nitrogens with zero attached hydrogens (tertiary/aromatic N) is 3. The highest BCUT2D eigenvalue weighted by atomic mass is 32.2. The topological polar surface area (TPSA) is 117 Å². The molecule has 2 aromatic heterocycles. The molecule has 1 saturated heterocycles. The third-order valence-corrected chi connectivity index (χ3v) is 6.94. The molecular formula is C26H23N5O4S2. The van der Waals surface area contributed by atoms with Crippen molar-refractivity contribution < 1.29 is 18.3 Å². The van der Waals surface area contributed by atoms with Gasteiger partial charge < -0.3 is 19.9 Å². The molecule has 0 bridgehead atoms. The standard InChI is InChI=1S/C26H23N5O4S2/c1-37(34,35)29-18-9-13-20(14-10-18)31-24(23(28-26(31)36)21-5-2-3-15-27-21)22-6-4-16-30(22)19-11-7-17(8-12-19)25(32)33/h2-16,23-24,29H,1H3,(H,28,36)(H,32,33). The van der Waals surface area contributed by atoms with Crippen LogP contribution in [0.15, 0.2) is 91.3 Å². The highest BCUT2D eigenvalue weighted by Gasteiger charge is 2.42. The molecule has 0 saturated carbocycles.